The predicted molar refractivity (Wildman–Crippen MR) is 114 cm³/mol. The van der Waals surface area contributed by atoms with E-state index in [4.69, 9.17) is 11.6 Å². The third kappa shape index (κ3) is 3.87. The first-order chi connectivity index (χ1) is 13.8. The minimum Gasteiger partial charge on any atom is -0.338 e. The van der Waals surface area contributed by atoms with Gasteiger partial charge in [-0.3, -0.25) is 4.79 Å². The van der Waals surface area contributed by atoms with E-state index in [1.807, 2.05) is 18.2 Å². The molecular formula is C21H16ClN3O3S. The van der Waals surface area contributed by atoms with Crippen molar-refractivity contribution in [1.29, 1.82) is 0 Å². The number of nitrogens with zero attached hydrogens (tertiary/aromatic N) is 1. The minimum absolute atomic E-state index is 0.0128. The Morgan fingerprint density at radius 2 is 1.76 bits per heavy atom. The van der Waals surface area contributed by atoms with Crippen LogP contribution in [0.15, 0.2) is 71.6 Å². The van der Waals surface area contributed by atoms with Crippen molar-refractivity contribution in [3.63, 3.8) is 0 Å². The number of aromatic nitrogens is 2. The maximum absolute atomic E-state index is 12.7. The van der Waals surface area contributed by atoms with Gasteiger partial charge in [-0.2, -0.15) is 0 Å². The van der Waals surface area contributed by atoms with Crippen LogP contribution < -0.4 is 5.32 Å². The highest BCUT2D eigenvalue weighted by atomic mass is 35.5. The van der Waals surface area contributed by atoms with Gasteiger partial charge >= 0.3 is 0 Å². The highest BCUT2D eigenvalue weighted by Crippen LogP contribution is 2.28. The SMILES string of the molecule is CS(=O)(=O)c1ccccc1C(=O)Nc1ccc2nc(-c3ccccc3Cl)[nH]c2c1. The standard InChI is InChI=1S/C21H16ClN3O3S/c1-29(27,28)19-9-5-3-7-15(19)21(26)23-13-10-11-17-18(12-13)25-20(24-17)14-6-2-4-8-16(14)22/h2-12H,1H3,(H,23,26)(H,24,25). The van der Waals surface area contributed by atoms with Crippen molar-refractivity contribution < 1.29 is 13.2 Å². The molecule has 3 aromatic carbocycles. The average molecular weight is 426 g/mol. The number of sulfone groups is 1. The smallest absolute Gasteiger partial charge is 0.256 e. The summed E-state index contributed by atoms with van der Waals surface area (Å²) in [5.41, 5.74) is 2.82. The molecule has 0 radical (unpaired) electrons. The van der Waals surface area contributed by atoms with Crippen molar-refractivity contribution in [2.75, 3.05) is 11.6 Å². The molecule has 1 aromatic heterocycles. The predicted octanol–water partition coefficient (Wildman–Crippen LogP) is 4.54. The van der Waals surface area contributed by atoms with E-state index in [0.717, 1.165) is 17.3 Å². The van der Waals surface area contributed by atoms with Gasteiger partial charge in [0.2, 0.25) is 0 Å². The van der Waals surface area contributed by atoms with E-state index in [9.17, 15) is 13.2 Å². The van der Waals surface area contributed by atoms with Crippen molar-refractivity contribution in [2.24, 2.45) is 0 Å². The fourth-order valence-electron chi connectivity index (χ4n) is 3.04. The number of hydrogen-bond acceptors (Lipinski definition) is 4. The molecule has 4 aromatic rings. The van der Waals surface area contributed by atoms with Crippen molar-refractivity contribution in [3.05, 3.63) is 77.3 Å². The van der Waals surface area contributed by atoms with Gasteiger partial charge in [0.25, 0.3) is 5.91 Å². The maximum Gasteiger partial charge on any atom is 0.256 e. The van der Waals surface area contributed by atoms with Crippen LogP contribution in [0.1, 0.15) is 10.4 Å². The molecule has 0 saturated heterocycles. The molecule has 0 unspecified atom stereocenters. The van der Waals surface area contributed by atoms with Gasteiger partial charge in [0.1, 0.15) is 5.82 Å². The average Bonchev–Trinajstić information content (AvgIpc) is 3.10. The zero-order chi connectivity index (χ0) is 20.6. The molecule has 1 amide bonds. The Balaban J connectivity index is 1.66. The van der Waals surface area contributed by atoms with Crippen molar-refractivity contribution in [2.45, 2.75) is 4.90 Å². The largest absolute Gasteiger partial charge is 0.338 e. The van der Waals surface area contributed by atoms with Crippen LogP contribution in [0.2, 0.25) is 5.02 Å². The Labute approximate surface area is 172 Å². The van der Waals surface area contributed by atoms with E-state index in [-0.39, 0.29) is 10.5 Å². The molecule has 0 saturated carbocycles. The van der Waals surface area contributed by atoms with Crippen LogP contribution in [0.5, 0.6) is 0 Å². The topological polar surface area (TPSA) is 91.9 Å². The van der Waals surface area contributed by atoms with Gasteiger partial charge in [0, 0.05) is 17.5 Å². The van der Waals surface area contributed by atoms with Crippen molar-refractivity contribution in [1.82, 2.24) is 9.97 Å². The zero-order valence-corrected chi connectivity index (χ0v) is 16.9. The van der Waals surface area contributed by atoms with E-state index in [1.165, 1.54) is 12.1 Å². The lowest BCUT2D eigenvalue weighted by Gasteiger charge is -2.09. The lowest BCUT2D eigenvalue weighted by Crippen LogP contribution is -2.15. The second-order valence-corrected chi connectivity index (χ2v) is 8.91. The highest BCUT2D eigenvalue weighted by molar-refractivity contribution is 7.90. The van der Waals surface area contributed by atoms with Gasteiger partial charge in [-0.15, -0.1) is 0 Å². The van der Waals surface area contributed by atoms with E-state index in [1.54, 1.807) is 36.4 Å². The number of rotatable bonds is 4. The first kappa shape index (κ1) is 19.2. The molecule has 146 valence electrons. The summed E-state index contributed by atoms with van der Waals surface area (Å²) >= 11 is 6.24. The number of carbonyl (C=O) groups is 1. The fourth-order valence-corrected chi connectivity index (χ4v) is 4.16. The molecule has 0 atom stereocenters. The summed E-state index contributed by atoms with van der Waals surface area (Å²) in [6, 6.07) is 18.7. The molecule has 8 heteroatoms. The Morgan fingerprint density at radius 1 is 1.03 bits per heavy atom. The molecule has 1 heterocycles. The normalized spacial score (nSPS) is 11.5. The van der Waals surface area contributed by atoms with Crippen molar-refractivity contribution in [3.8, 4) is 11.4 Å². The van der Waals surface area contributed by atoms with E-state index >= 15 is 0 Å². The van der Waals surface area contributed by atoms with Crippen LogP contribution in [0.25, 0.3) is 22.4 Å². The molecule has 29 heavy (non-hydrogen) atoms. The van der Waals surface area contributed by atoms with Gasteiger partial charge in [-0.25, -0.2) is 13.4 Å². The maximum atomic E-state index is 12.7. The van der Waals surface area contributed by atoms with Crippen LogP contribution in [-0.4, -0.2) is 30.5 Å². The summed E-state index contributed by atoms with van der Waals surface area (Å²) in [7, 11) is -3.53. The molecule has 4 rings (SSSR count). The number of nitrogens with one attached hydrogen (secondary N) is 2. The van der Waals surface area contributed by atoms with Crippen LogP contribution in [0, 0.1) is 0 Å². The summed E-state index contributed by atoms with van der Waals surface area (Å²) in [5.74, 6) is 0.118. The summed E-state index contributed by atoms with van der Waals surface area (Å²) in [4.78, 5) is 20.4. The first-order valence-corrected chi connectivity index (χ1v) is 10.9. The third-order valence-corrected chi connectivity index (χ3v) is 5.88. The highest BCUT2D eigenvalue weighted by Gasteiger charge is 2.18. The van der Waals surface area contributed by atoms with Gasteiger partial charge in [-0.1, -0.05) is 35.9 Å². The minimum atomic E-state index is -3.53. The quantitative estimate of drug-likeness (QED) is 0.502. The van der Waals surface area contributed by atoms with Crippen molar-refractivity contribution >= 4 is 44.1 Å². The lowest BCUT2D eigenvalue weighted by molar-refractivity contribution is 0.102. The van der Waals surface area contributed by atoms with Crippen LogP contribution in [0.3, 0.4) is 0 Å². The monoisotopic (exact) mass is 425 g/mol. The Morgan fingerprint density at radius 3 is 2.52 bits per heavy atom. The summed E-state index contributed by atoms with van der Waals surface area (Å²) in [5, 5.41) is 3.33. The molecule has 6 nitrogen and oxygen atoms in total. The Bertz CT molecular complexity index is 1350. The number of carbonyl (C=O) groups excluding carboxylic acids is 1. The number of H-pyrrole nitrogens is 1. The number of amides is 1. The van der Waals surface area contributed by atoms with Gasteiger partial charge in [-0.05, 0) is 42.5 Å². The molecule has 0 fully saturated rings. The van der Waals surface area contributed by atoms with E-state index in [2.05, 4.69) is 15.3 Å². The second-order valence-electron chi connectivity index (χ2n) is 6.52. The van der Waals surface area contributed by atoms with Gasteiger partial charge < -0.3 is 10.3 Å². The number of imidazole rings is 1. The number of fused-ring (bicyclic) bond motifs is 1. The molecule has 2 N–H and O–H groups in total. The van der Waals surface area contributed by atoms with Crippen LogP contribution >= 0.6 is 11.6 Å². The molecule has 0 aliphatic heterocycles. The van der Waals surface area contributed by atoms with Crippen LogP contribution in [0.4, 0.5) is 5.69 Å². The molecule has 0 aliphatic carbocycles. The van der Waals surface area contributed by atoms with Gasteiger partial charge in [0.15, 0.2) is 9.84 Å². The third-order valence-electron chi connectivity index (χ3n) is 4.40. The first-order valence-electron chi connectivity index (χ1n) is 8.68. The Kier molecular flexibility index (Phi) is 4.86. The second kappa shape index (κ2) is 7.35. The molecule has 0 aliphatic rings. The summed E-state index contributed by atoms with van der Waals surface area (Å²) in [6.07, 6.45) is 1.08. The summed E-state index contributed by atoms with van der Waals surface area (Å²) < 4.78 is 23.9. The fraction of sp³-hybridized carbons (Fsp3) is 0.0476. The lowest BCUT2D eigenvalue weighted by atomic mass is 10.2. The van der Waals surface area contributed by atoms with E-state index in [0.29, 0.717) is 22.1 Å². The molecule has 0 spiro atoms. The number of anilines is 1. The zero-order valence-electron chi connectivity index (χ0n) is 15.3. The molecule has 0 bridgehead atoms. The number of hydrogen-bond donors (Lipinski definition) is 2. The van der Waals surface area contributed by atoms with Crippen LogP contribution in [-0.2, 0) is 9.84 Å². The number of halogens is 1. The van der Waals surface area contributed by atoms with E-state index < -0.39 is 15.7 Å². The number of aromatic amines is 1. The summed E-state index contributed by atoms with van der Waals surface area (Å²) in [6.45, 7) is 0. The molecular weight excluding hydrogens is 410 g/mol. The number of benzene rings is 3. The Hall–Kier alpha value is -3.16. The van der Waals surface area contributed by atoms with Gasteiger partial charge in [0.05, 0.1) is 26.5 Å².